The molecule has 84 valence electrons. The van der Waals surface area contributed by atoms with Gasteiger partial charge in [-0.25, -0.2) is 0 Å². The predicted molar refractivity (Wildman–Crippen MR) is 68.1 cm³/mol. The summed E-state index contributed by atoms with van der Waals surface area (Å²) in [4.78, 5) is 6.17. The maximum Gasteiger partial charge on any atom is 0.101 e. The number of para-hydroxylation sites is 1. The fourth-order valence-electron chi connectivity index (χ4n) is 1.80. The van der Waals surface area contributed by atoms with E-state index < -0.39 is 0 Å². The van der Waals surface area contributed by atoms with Gasteiger partial charge in [0.05, 0.1) is 17.4 Å². The second-order valence-electron chi connectivity index (χ2n) is 3.58. The van der Waals surface area contributed by atoms with Crippen molar-refractivity contribution >= 4 is 11.4 Å². The Morgan fingerprint density at radius 3 is 2.65 bits per heavy atom. The molecule has 0 atom stereocenters. The second-order valence-corrected chi connectivity index (χ2v) is 3.58. The summed E-state index contributed by atoms with van der Waals surface area (Å²) in [5.74, 6) is 0. The van der Waals surface area contributed by atoms with Gasteiger partial charge in [-0.05, 0) is 25.1 Å². The Kier molecular flexibility index (Phi) is 3.37. The SMILES string of the molecule is CCN(c1ccccc1)c1cnccc1C#N. The van der Waals surface area contributed by atoms with E-state index in [0.29, 0.717) is 5.56 Å². The number of benzene rings is 1. The van der Waals surface area contributed by atoms with Crippen molar-refractivity contribution in [2.45, 2.75) is 6.92 Å². The van der Waals surface area contributed by atoms with Gasteiger partial charge < -0.3 is 4.90 Å². The highest BCUT2D eigenvalue weighted by atomic mass is 15.1. The highest BCUT2D eigenvalue weighted by molar-refractivity contribution is 5.68. The zero-order valence-electron chi connectivity index (χ0n) is 9.67. The number of hydrogen-bond donors (Lipinski definition) is 0. The Balaban J connectivity index is 2.47. The van der Waals surface area contributed by atoms with Gasteiger partial charge in [0, 0.05) is 18.4 Å². The minimum absolute atomic E-state index is 0.644. The molecule has 1 heterocycles. The Labute approximate surface area is 101 Å². The van der Waals surface area contributed by atoms with Crippen molar-refractivity contribution in [3.05, 3.63) is 54.4 Å². The number of aromatic nitrogens is 1. The van der Waals surface area contributed by atoms with Crippen LogP contribution in [0.1, 0.15) is 12.5 Å². The van der Waals surface area contributed by atoms with E-state index in [0.717, 1.165) is 17.9 Å². The van der Waals surface area contributed by atoms with Gasteiger partial charge >= 0.3 is 0 Å². The van der Waals surface area contributed by atoms with Crippen LogP contribution in [0.15, 0.2) is 48.8 Å². The first kappa shape index (κ1) is 11.2. The number of nitrogens with zero attached hydrogens (tertiary/aromatic N) is 3. The summed E-state index contributed by atoms with van der Waals surface area (Å²) < 4.78 is 0. The fraction of sp³-hybridized carbons (Fsp3) is 0.143. The highest BCUT2D eigenvalue weighted by Gasteiger charge is 2.11. The molecule has 0 saturated heterocycles. The number of rotatable bonds is 3. The van der Waals surface area contributed by atoms with Crippen LogP contribution in [-0.4, -0.2) is 11.5 Å². The molecule has 0 bridgehead atoms. The third-order valence-electron chi connectivity index (χ3n) is 2.60. The van der Waals surface area contributed by atoms with Crippen LogP contribution in [0.2, 0.25) is 0 Å². The van der Waals surface area contributed by atoms with Crippen LogP contribution in [0.5, 0.6) is 0 Å². The van der Waals surface area contributed by atoms with Crippen molar-refractivity contribution < 1.29 is 0 Å². The lowest BCUT2D eigenvalue weighted by atomic mass is 10.2. The number of hydrogen-bond acceptors (Lipinski definition) is 3. The molecule has 0 aliphatic rings. The topological polar surface area (TPSA) is 39.9 Å². The van der Waals surface area contributed by atoms with E-state index in [1.54, 1.807) is 18.5 Å². The molecule has 0 radical (unpaired) electrons. The number of pyridine rings is 1. The van der Waals surface area contributed by atoms with E-state index in [1.165, 1.54) is 0 Å². The first-order chi connectivity index (χ1) is 8.36. The van der Waals surface area contributed by atoms with Gasteiger partial charge in [-0.3, -0.25) is 4.98 Å². The molecule has 0 saturated carbocycles. The maximum atomic E-state index is 9.11. The van der Waals surface area contributed by atoms with Crippen molar-refractivity contribution in [2.75, 3.05) is 11.4 Å². The second kappa shape index (κ2) is 5.13. The molecule has 1 aromatic carbocycles. The fourth-order valence-corrected chi connectivity index (χ4v) is 1.80. The molecule has 0 spiro atoms. The Bertz CT molecular complexity index is 529. The lowest BCUT2D eigenvalue weighted by molar-refractivity contribution is 1.01. The van der Waals surface area contributed by atoms with E-state index >= 15 is 0 Å². The van der Waals surface area contributed by atoms with E-state index in [2.05, 4.69) is 22.9 Å². The van der Waals surface area contributed by atoms with E-state index in [-0.39, 0.29) is 0 Å². The molecule has 0 aliphatic carbocycles. The molecule has 0 amide bonds. The van der Waals surface area contributed by atoms with Crippen molar-refractivity contribution in [1.29, 1.82) is 5.26 Å². The molecule has 17 heavy (non-hydrogen) atoms. The number of nitriles is 1. The predicted octanol–water partition coefficient (Wildman–Crippen LogP) is 3.11. The Morgan fingerprint density at radius 1 is 1.24 bits per heavy atom. The highest BCUT2D eigenvalue weighted by Crippen LogP contribution is 2.26. The smallest absolute Gasteiger partial charge is 0.101 e. The molecule has 3 heteroatoms. The van der Waals surface area contributed by atoms with Crippen LogP contribution in [-0.2, 0) is 0 Å². The lowest BCUT2D eigenvalue weighted by Crippen LogP contribution is -2.17. The van der Waals surface area contributed by atoms with Crippen LogP contribution < -0.4 is 4.90 Å². The molecule has 0 N–H and O–H groups in total. The molecule has 0 fully saturated rings. The van der Waals surface area contributed by atoms with Gasteiger partial charge in [0.15, 0.2) is 0 Å². The Morgan fingerprint density at radius 2 is 2.00 bits per heavy atom. The lowest BCUT2D eigenvalue weighted by Gasteiger charge is -2.23. The maximum absolute atomic E-state index is 9.11. The van der Waals surface area contributed by atoms with Gasteiger partial charge in [-0.1, -0.05) is 18.2 Å². The van der Waals surface area contributed by atoms with Crippen LogP contribution in [0, 0.1) is 11.3 Å². The first-order valence-electron chi connectivity index (χ1n) is 5.53. The molecular weight excluding hydrogens is 210 g/mol. The average Bonchev–Trinajstić information content (AvgIpc) is 2.41. The minimum atomic E-state index is 0.644. The summed E-state index contributed by atoms with van der Waals surface area (Å²) in [5, 5.41) is 9.11. The zero-order chi connectivity index (χ0) is 12.1. The van der Waals surface area contributed by atoms with Gasteiger partial charge in [-0.2, -0.15) is 5.26 Å². The summed E-state index contributed by atoms with van der Waals surface area (Å²) >= 11 is 0. The minimum Gasteiger partial charge on any atom is -0.339 e. The summed E-state index contributed by atoms with van der Waals surface area (Å²) in [6, 6.07) is 13.9. The third-order valence-corrected chi connectivity index (χ3v) is 2.60. The average molecular weight is 223 g/mol. The molecule has 0 unspecified atom stereocenters. The molecule has 2 aromatic rings. The molecule has 3 nitrogen and oxygen atoms in total. The molecular formula is C14H13N3. The van der Waals surface area contributed by atoms with Gasteiger partial charge in [0.25, 0.3) is 0 Å². The quantitative estimate of drug-likeness (QED) is 0.802. The first-order valence-corrected chi connectivity index (χ1v) is 5.53. The van der Waals surface area contributed by atoms with Crippen molar-refractivity contribution in [3.8, 4) is 6.07 Å². The van der Waals surface area contributed by atoms with Gasteiger partial charge in [0.2, 0.25) is 0 Å². The van der Waals surface area contributed by atoms with Crippen molar-refractivity contribution in [1.82, 2.24) is 4.98 Å². The van der Waals surface area contributed by atoms with E-state index in [1.807, 2.05) is 30.3 Å². The van der Waals surface area contributed by atoms with E-state index in [9.17, 15) is 0 Å². The Hall–Kier alpha value is -2.34. The normalized spacial score (nSPS) is 9.65. The molecule has 0 aliphatic heterocycles. The van der Waals surface area contributed by atoms with Gasteiger partial charge in [-0.15, -0.1) is 0 Å². The summed E-state index contributed by atoms with van der Waals surface area (Å²) in [6.45, 7) is 2.85. The van der Waals surface area contributed by atoms with Crippen LogP contribution >= 0.6 is 0 Å². The van der Waals surface area contributed by atoms with Crippen molar-refractivity contribution in [2.24, 2.45) is 0 Å². The summed E-state index contributed by atoms with van der Waals surface area (Å²) in [6.07, 6.45) is 3.37. The molecule has 2 rings (SSSR count). The zero-order valence-corrected chi connectivity index (χ0v) is 9.67. The molecule has 1 aromatic heterocycles. The third kappa shape index (κ3) is 2.26. The van der Waals surface area contributed by atoms with Crippen LogP contribution in [0.25, 0.3) is 0 Å². The van der Waals surface area contributed by atoms with Crippen molar-refractivity contribution in [3.63, 3.8) is 0 Å². The van der Waals surface area contributed by atoms with Crippen LogP contribution in [0.4, 0.5) is 11.4 Å². The largest absolute Gasteiger partial charge is 0.339 e. The summed E-state index contributed by atoms with van der Waals surface area (Å²) in [7, 11) is 0. The summed E-state index contributed by atoms with van der Waals surface area (Å²) in [5.41, 5.74) is 2.56. The van der Waals surface area contributed by atoms with E-state index in [4.69, 9.17) is 5.26 Å². The van der Waals surface area contributed by atoms with Crippen LogP contribution in [0.3, 0.4) is 0 Å². The number of anilines is 2. The monoisotopic (exact) mass is 223 g/mol. The van der Waals surface area contributed by atoms with Gasteiger partial charge in [0.1, 0.15) is 6.07 Å². The standard InChI is InChI=1S/C14H13N3/c1-2-17(13-6-4-3-5-7-13)14-11-16-9-8-12(14)10-15/h3-9,11H,2H2,1H3.